The van der Waals surface area contributed by atoms with Crippen molar-refractivity contribution < 1.29 is 0 Å². The molecule has 0 radical (unpaired) electrons. The fraction of sp³-hybridized carbons (Fsp3) is 0.786. The highest BCUT2D eigenvalue weighted by atomic mass is 15.1. The molecule has 0 amide bonds. The van der Waals surface area contributed by atoms with Crippen LogP contribution in [0.25, 0.3) is 0 Å². The summed E-state index contributed by atoms with van der Waals surface area (Å²) in [6, 6.07) is 0. The topological polar surface area (TPSA) is 50.4 Å². The van der Waals surface area contributed by atoms with Gasteiger partial charge in [0.15, 0.2) is 5.96 Å². The molecular formula is C14H27N3. The lowest BCUT2D eigenvalue weighted by atomic mass is 9.73. The van der Waals surface area contributed by atoms with Crippen molar-refractivity contribution >= 4 is 5.96 Å². The zero-order valence-electron chi connectivity index (χ0n) is 11.6. The predicted molar refractivity (Wildman–Crippen MR) is 75.0 cm³/mol. The Balaban J connectivity index is 2.23. The van der Waals surface area contributed by atoms with E-state index < -0.39 is 0 Å². The van der Waals surface area contributed by atoms with Crippen molar-refractivity contribution in [2.24, 2.45) is 22.1 Å². The van der Waals surface area contributed by atoms with Gasteiger partial charge in [0.05, 0.1) is 6.54 Å². The second-order valence-corrected chi connectivity index (χ2v) is 6.15. The summed E-state index contributed by atoms with van der Waals surface area (Å²) in [4.78, 5) is 4.22. The average molecular weight is 237 g/mol. The number of hydrogen-bond donors (Lipinski definition) is 2. The van der Waals surface area contributed by atoms with Crippen LogP contribution < -0.4 is 11.1 Å². The van der Waals surface area contributed by atoms with Crippen LogP contribution in [0.15, 0.2) is 17.1 Å². The van der Waals surface area contributed by atoms with E-state index >= 15 is 0 Å². The number of hydrogen-bond acceptors (Lipinski definition) is 1. The molecule has 3 nitrogen and oxygen atoms in total. The average Bonchev–Trinajstić information content (AvgIpc) is 2.25. The summed E-state index contributed by atoms with van der Waals surface area (Å²) in [5.74, 6) is 1.31. The van der Waals surface area contributed by atoms with Gasteiger partial charge in [-0.15, -0.1) is 0 Å². The molecule has 0 unspecified atom stereocenters. The van der Waals surface area contributed by atoms with Crippen molar-refractivity contribution in [1.82, 2.24) is 5.32 Å². The van der Waals surface area contributed by atoms with Gasteiger partial charge >= 0.3 is 0 Å². The molecule has 0 saturated heterocycles. The van der Waals surface area contributed by atoms with Crippen LogP contribution in [0, 0.1) is 11.3 Å². The number of aliphatic imine (C=N–C) groups is 1. The lowest BCUT2D eigenvalue weighted by Gasteiger charge is -2.34. The van der Waals surface area contributed by atoms with E-state index in [0.717, 1.165) is 18.0 Å². The van der Waals surface area contributed by atoms with E-state index in [2.05, 4.69) is 30.7 Å². The van der Waals surface area contributed by atoms with Crippen LogP contribution >= 0.6 is 0 Å². The van der Waals surface area contributed by atoms with E-state index in [-0.39, 0.29) is 0 Å². The Morgan fingerprint density at radius 2 is 2.00 bits per heavy atom. The molecule has 3 heteroatoms. The molecule has 0 aliphatic heterocycles. The Bertz CT molecular complexity index is 282. The van der Waals surface area contributed by atoms with Gasteiger partial charge in [-0.1, -0.05) is 26.0 Å². The maximum Gasteiger partial charge on any atom is 0.188 e. The normalized spacial score (nSPS) is 21.2. The van der Waals surface area contributed by atoms with Crippen LogP contribution in [0.4, 0.5) is 0 Å². The number of guanidine groups is 1. The van der Waals surface area contributed by atoms with Gasteiger partial charge in [0, 0.05) is 6.54 Å². The Hall–Kier alpha value is -0.990. The van der Waals surface area contributed by atoms with E-state index in [1.165, 1.54) is 25.7 Å². The highest BCUT2D eigenvalue weighted by Gasteiger charge is 2.26. The molecule has 0 aromatic carbocycles. The fourth-order valence-corrected chi connectivity index (χ4v) is 2.19. The van der Waals surface area contributed by atoms with E-state index in [1.54, 1.807) is 0 Å². The zero-order valence-corrected chi connectivity index (χ0v) is 11.6. The molecule has 98 valence electrons. The van der Waals surface area contributed by atoms with Gasteiger partial charge in [0.2, 0.25) is 0 Å². The molecule has 0 bridgehead atoms. The summed E-state index contributed by atoms with van der Waals surface area (Å²) < 4.78 is 0. The standard InChI is InChI=1S/C14H27N3/c1-11(2)9-16-13(15)17-10-12-5-7-14(3,4)8-6-12/h12H,1,5-10H2,2-4H3,(H3,15,16,17). The number of nitrogens with one attached hydrogen (secondary N) is 1. The summed E-state index contributed by atoms with van der Waals surface area (Å²) in [5, 5.41) is 3.22. The van der Waals surface area contributed by atoms with Crippen LogP contribution in [0.1, 0.15) is 46.5 Å². The molecule has 1 fully saturated rings. The highest BCUT2D eigenvalue weighted by Crippen LogP contribution is 2.37. The number of nitrogens with two attached hydrogens (primary N) is 1. The minimum atomic E-state index is 0.538. The third-order valence-corrected chi connectivity index (χ3v) is 3.55. The van der Waals surface area contributed by atoms with Gasteiger partial charge in [0.25, 0.3) is 0 Å². The SMILES string of the molecule is C=C(C)CN=C(N)NCC1CCC(C)(C)CC1. The lowest BCUT2D eigenvalue weighted by Crippen LogP contribution is -2.37. The molecule has 0 aromatic rings. The molecule has 3 N–H and O–H groups in total. The first-order valence-corrected chi connectivity index (χ1v) is 6.57. The second kappa shape index (κ2) is 6.08. The lowest BCUT2D eigenvalue weighted by molar-refractivity contribution is 0.192. The molecule has 1 saturated carbocycles. The molecule has 0 spiro atoms. The first-order chi connectivity index (χ1) is 7.89. The van der Waals surface area contributed by atoms with Crippen LogP contribution in [0.5, 0.6) is 0 Å². The Morgan fingerprint density at radius 1 is 1.41 bits per heavy atom. The first-order valence-electron chi connectivity index (χ1n) is 6.57. The van der Waals surface area contributed by atoms with E-state index in [4.69, 9.17) is 5.73 Å². The van der Waals surface area contributed by atoms with Crippen molar-refractivity contribution in [2.45, 2.75) is 46.5 Å². The Labute approximate surface area is 106 Å². The third-order valence-electron chi connectivity index (χ3n) is 3.55. The van der Waals surface area contributed by atoms with Gasteiger partial charge in [-0.3, -0.25) is 0 Å². The third kappa shape index (κ3) is 5.76. The summed E-state index contributed by atoms with van der Waals surface area (Å²) >= 11 is 0. The van der Waals surface area contributed by atoms with Crippen molar-refractivity contribution in [3.8, 4) is 0 Å². The van der Waals surface area contributed by atoms with Gasteiger partial charge in [-0.2, -0.15) is 0 Å². The predicted octanol–water partition coefficient (Wildman–Crippen LogP) is 2.68. The van der Waals surface area contributed by atoms with Crippen LogP contribution in [-0.2, 0) is 0 Å². The quantitative estimate of drug-likeness (QED) is 0.449. The minimum Gasteiger partial charge on any atom is -0.370 e. The molecular weight excluding hydrogens is 210 g/mol. The molecule has 17 heavy (non-hydrogen) atoms. The Kier molecular flexibility index (Phi) is 5.03. The van der Waals surface area contributed by atoms with Crippen LogP contribution in [0.3, 0.4) is 0 Å². The first kappa shape index (κ1) is 14.1. The van der Waals surface area contributed by atoms with Gasteiger partial charge in [-0.05, 0) is 43.9 Å². The van der Waals surface area contributed by atoms with E-state index in [9.17, 15) is 0 Å². The molecule has 0 aromatic heterocycles. The molecule has 0 atom stereocenters. The molecule has 1 rings (SSSR count). The maximum absolute atomic E-state index is 5.79. The van der Waals surface area contributed by atoms with Crippen LogP contribution in [-0.4, -0.2) is 19.0 Å². The Morgan fingerprint density at radius 3 is 2.53 bits per heavy atom. The van der Waals surface area contributed by atoms with Gasteiger partial charge in [-0.25, -0.2) is 4.99 Å². The summed E-state index contributed by atoms with van der Waals surface area (Å²) in [6.07, 6.45) is 5.24. The molecule has 1 aliphatic rings. The monoisotopic (exact) mass is 237 g/mol. The summed E-state index contributed by atoms with van der Waals surface area (Å²) in [7, 11) is 0. The zero-order chi connectivity index (χ0) is 12.9. The maximum atomic E-state index is 5.79. The number of rotatable bonds is 4. The summed E-state index contributed by atoms with van der Waals surface area (Å²) in [5.41, 5.74) is 7.36. The van der Waals surface area contributed by atoms with E-state index in [1.807, 2.05) is 6.92 Å². The second-order valence-electron chi connectivity index (χ2n) is 6.15. The largest absolute Gasteiger partial charge is 0.370 e. The van der Waals surface area contributed by atoms with Crippen molar-refractivity contribution in [3.05, 3.63) is 12.2 Å². The minimum absolute atomic E-state index is 0.538. The highest BCUT2D eigenvalue weighted by molar-refractivity contribution is 5.77. The van der Waals surface area contributed by atoms with Crippen molar-refractivity contribution in [1.29, 1.82) is 0 Å². The van der Waals surface area contributed by atoms with Crippen molar-refractivity contribution in [2.75, 3.05) is 13.1 Å². The molecule has 0 heterocycles. The smallest absolute Gasteiger partial charge is 0.188 e. The summed E-state index contributed by atoms with van der Waals surface area (Å²) in [6.45, 7) is 12.1. The fourth-order valence-electron chi connectivity index (χ4n) is 2.19. The van der Waals surface area contributed by atoms with E-state index in [0.29, 0.717) is 17.9 Å². The van der Waals surface area contributed by atoms with Gasteiger partial charge < -0.3 is 11.1 Å². The number of nitrogens with zero attached hydrogens (tertiary/aromatic N) is 1. The van der Waals surface area contributed by atoms with Crippen LogP contribution in [0.2, 0.25) is 0 Å². The van der Waals surface area contributed by atoms with Gasteiger partial charge in [0.1, 0.15) is 0 Å². The molecule has 1 aliphatic carbocycles. The van der Waals surface area contributed by atoms with Crippen molar-refractivity contribution in [3.63, 3.8) is 0 Å².